The molecule has 0 amide bonds. The van der Waals surface area contributed by atoms with Gasteiger partial charge in [0.05, 0.1) is 11.2 Å². The summed E-state index contributed by atoms with van der Waals surface area (Å²) < 4.78 is 0. The summed E-state index contributed by atoms with van der Waals surface area (Å²) in [5.74, 6) is 0. The van der Waals surface area contributed by atoms with E-state index in [-0.39, 0.29) is 0 Å². The smallest absolute Gasteiger partial charge is 0.150 e. The normalized spacial score (nSPS) is 10.6. The van der Waals surface area contributed by atoms with Crippen LogP contribution >= 0.6 is 0 Å². The molecule has 0 aliphatic heterocycles. The van der Waals surface area contributed by atoms with E-state index in [1.54, 1.807) is 0 Å². The van der Waals surface area contributed by atoms with Crippen LogP contribution in [0.5, 0.6) is 0 Å². The first-order valence-corrected chi connectivity index (χ1v) is 6.20. The molecule has 0 spiro atoms. The van der Waals surface area contributed by atoms with E-state index in [0.717, 1.165) is 34.0 Å². The first-order valence-electron chi connectivity index (χ1n) is 6.20. The molecule has 1 heterocycles. The van der Waals surface area contributed by atoms with E-state index >= 15 is 0 Å². The number of carbonyl (C=O) groups excluding carboxylic acids is 1. The van der Waals surface area contributed by atoms with E-state index < -0.39 is 0 Å². The summed E-state index contributed by atoms with van der Waals surface area (Å²) in [7, 11) is 0. The SMILES string of the molecule is Cc1cc(C=O)ccc1-c1ccc2ccccc2n1. The molecule has 0 saturated heterocycles. The van der Waals surface area contributed by atoms with Crippen LogP contribution in [-0.2, 0) is 0 Å². The second kappa shape index (κ2) is 4.65. The predicted octanol–water partition coefficient (Wildman–Crippen LogP) is 4.02. The van der Waals surface area contributed by atoms with Crippen molar-refractivity contribution in [2.45, 2.75) is 6.92 Å². The maximum Gasteiger partial charge on any atom is 0.150 e. The molecule has 3 aromatic rings. The van der Waals surface area contributed by atoms with Crippen molar-refractivity contribution in [2.75, 3.05) is 0 Å². The second-order valence-corrected chi connectivity index (χ2v) is 4.58. The molecular formula is C17H13NO. The van der Waals surface area contributed by atoms with Crippen LogP contribution in [0.3, 0.4) is 0 Å². The Hall–Kier alpha value is -2.48. The third-order valence-corrected chi connectivity index (χ3v) is 3.26. The number of hydrogen-bond donors (Lipinski definition) is 0. The van der Waals surface area contributed by atoms with Gasteiger partial charge in [-0.3, -0.25) is 4.79 Å². The summed E-state index contributed by atoms with van der Waals surface area (Å²) >= 11 is 0. The Morgan fingerprint density at radius 3 is 2.63 bits per heavy atom. The number of aldehydes is 1. The van der Waals surface area contributed by atoms with E-state index in [9.17, 15) is 4.79 Å². The maximum absolute atomic E-state index is 10.8. The van der Waals surface area contributed by atoms with Crippen LogP contribution in [0.4, 0.5) is 0 Å². The summed E-state index contributed by atoms with van der Waals surface area (Å²) in [6.07, 6.45) is 0.866. The van der Waals surface area contributed by atoms with Crippen LogP contribution in [0.1, 0.15) is 15.9 Å². The molecule has 0 unspecified atom stereocenters. The van der Waals surface area contributed by atoms with Crippen LogP contribution in [0, 0.1) is 6.92 Å². The molecule has 2 heteroatoms. The topological polar surface area (TPSA) is 30.0 Å². The lowest BCUT2D eigenvalue weighted by Gasteiger charge is -2.07. The molecule has 2 nitrogen and oxygen atoms in total. The second-order valence-electron chi connectivity index (χ2n) is 4.58. The zero-order chi connectivity index (χ0) is 13.2. The molecule has 0 saturated carbocycles. The first-order chi connectivity index (χ1) is 9.28. The van der Waals surface area contributed by atoms with E-state index in [0.29, 0.717) is 5.56 Å². The highest BCUT2D eigenvalue weighted by molar-refractivity contribution is 5.83. The Balaban J connectivity index is 2.16. The fourth-order valence-corrected chi connectivity index (χ4v) is 2.26. The third-order valence-electron chi connectivity index (χ3n) is 3.26. The van der Waals surface area contributed by atoms with Gasteiger partial charge in [0.2, 0.25) is 0 Å². The van der Waals surface area contributed by atoms with E-state index in [1.165, 1.54) is 0 Å². The fraction of sp³-hybridized carbons (Fsp3) is 0.0588. The van der Waals surface area contributed by atoms with Crippen molar-refractivity contribution in [1.82, 2.24) is 4.98 Å². The number of para-hydroxylation sites is 1. The fourth-order valence-electron chi connectivity index (χ4n) is 2.26. The third kappa shape index (κ3) is 2.13. The zero-order valence-electron chi connectivity index (χ0n) is 10.6. The number of fused-ring (bicyclic) bond motifs is 1. The van der Waals surface area contributed by atoms with Gasteiger partial charge in [-0.05, 0) is 30.7 Å². The van der Waals surface area contributed by atoms with Gasteiger partial charge >= 0.3 is 0 Å². The molecule has 19 heavy (non-hydrogen) atoms. The number of nitrogens with zero attached hydrogens (tertiary/aromatic N) is 1. The molecule has 2 aromatic carbocycles. The first kappa shape index (κ1) is 11.6. The van der Waals surface area contributed by atoms with Gasteiger partial charge in [-0.1, -0.05) is 36.4 Å². The molecule has 92 valence electrons. The van der Waals surface area contributed by atoms with Crippen LogP contribution < -0.4 is 0 Å². The van der Waals surface area contributed by atoms with Crippen molar-refractivity contribution in [3.05, 3.63) is 65.7 Å². The number of hydrogen-bond acceptors (Lipinski definition) is 2. The number of carbonyl (C=O) groups is 1. The van der Waals surface area contributed by atoms with Gasteiger partial charge in [0.15, 0.2) is 0 Å². The van der Waals surface area contributed by atoms with Gasteiger partial charge in [0.25, 0.3) is 0 Å². The average Bonchev–Trinajstić information content (AvgIpc) is 2.46. The maximum atomic E-state index is 10.8. The minimum atomic E-state index is 0.696. The highest BCUT2D eigenvalue weighted by atomic mass is 16.1. The monoisotopic (exact) mass is 247 g/mol. The van der Waals surface area contributed by atoms with Gasteiger partial charge in [-0.25, -0.2) is 4.98 Å². The summed E-state index contributed by atoms with van der Waals surface area (Å²) in [5, 5.41) is 1.13. The van der Waals surface area contributed by atoms with Crippen molar-refractivity contribution in [2.24, 2.45) is 0 Å². The molecule has 0 radical (unpaired) electrons. The van der Waals surface area contributed by atoms with Crippen molar-refractivity contribution in [3.63, 3.8) is 0 Å². The van der Waals surface area contributed by atoms with Gasteiger partial charge in [0.1, 0.15) is 6.29 Å². The van der Waals surface area contributed by atoms with Crippen LogP contribution in [0.25, 0.3) is 22.2 Å². The molecule has 3 rings (SSSR count). The van der Waals surface area contributed by atoms with Gasteiger partial charge in [0, 0.05) is 16.5 Å². The molecule has 0 aliphatic rings. The number of pyridine rings is 1. The molecule has 0 bridgehead atoms. The molecule has 0 N–H and O–H groups in total. The summed E-state index contributed by atoms with van der Waals surface area (Å²) in [5.41, 5.74) is 4.75. The number of benzene rings is 2. The van der Waals surface area contributed by atoms with E-state index in [1.807, 2.05) is 49.4 Å². The Morgan fingerprint density at radius 1 is 1.00 bits per heavy atom. The van der Waals surface area contributed by atoms with Crippen molar-refractivity contribution in [1.29, 1.82) is 0 Å². The van der Waals surface area contributed by atoms with Crippen LogP contribution in [-0.4, -0.2) is 11.3 Å². The Morgan fingerprint density at radius 2 is 1.84 bits per heavy atom. The van der Waals surface area contributed by atoms with Crippen LogP contribution in [0.2, 0.25) is 0 Å². The zero-order valence-corrected chi connectivity index (χ0v) is 10.6. The molecule has 1 aromatic heterocycles. The Bertz CT molecular complexity index is 762. The largest absolute Gasteiger partial charge is 0.298 e. The Kier molecular flexibility index (Phi) is 2.84. The number of aryl methyl sites for hydroxylation is 1. The summed E-state index contributed by atoms with van der Waals surface area (Å²) in [4.78, 5) is 15.4. The van der Waals surface area contributed by atoms with Gasteiger partial charge in [-0.2, -0.15) is 0 Å². The van der Waals surface area contributed by atoms with Crippen LogP contribution in [0.15, 0.2) is 54.6 Å². The lowest BCUT2D eigenvalue weighted by atomic mass is 10.0. The number of aromatic nitrogens is 1. The Labute approximate surface area is 111 Å². The molecule has 0 aliphatic carbocycles. The average molecular weight is 247 g/mol. The minimum Gasteiger partial charge on any atom is -0.298 e. The minimum absolute atomic E-state index is 0.696. The van der Waals surface area contributed by atoms with E-state index in [4.69, 9.17) is 0 Å². The lowest BCUT2D eigenvalue weighted by molar-refractivity contribution is 0.112. The van der Waals surface area contributed by atoms with Crippen molar-refractivity contribution < 1.29 is 4.79 Å². The number of rotatable bonds is 2. The summed E-state index contributed by atoms with van der Waals surface area (Å²) in [6, 6.07) is 17.8. The highest BCUT2D eigenvalue weighted by Gasteiger charge is 2.05. The molecule has 0 atom stereocenters. The van der Waals surface area contributed by atoms with E-state index in [2.05, 4.69) is 17.1 Å². The van der Waals surface area contributed by atoms with Crippen molar-refractivity contribution >= 4 is 17.2 Å². The standard InChI is InChI=1S/C17H13NO/c1-12-10-13(11-19)6-8-15(12)17-9-7-14-4-2-3-5-16(14)18-17/h2-11H,1H3. The summed E-state index contributed by atoms with van der Waals surface area (Å²) in [6.45, 7) is 2.00. The predicted molar refractivity (Wildman–Crippen MR) is 77.3 cm³/mol. The lowest BCUT2D eigenvalue weighted by Crippen LogP contribution is -1.90. The molecular weight excluding hydrogens is 234 g/mol. The van der Waals surface area contributed by atoms with Gasteiger partial charge < -0.3 is 0 Å². The quantitative estimate of drug-likeness (QED) is 0.640. The molecule has 0 fully saturated rings. The van der Waals surface area contributed by atoms with Crippen molar-refractivity contribution in [3.8, 4) is 11.3 Å². The van der Waals surface area contributed by atoms with Gasteiger partial charge in [-0.15, -0.1) is 0 Å². The highest BCUT2D eigenvalue weighted by Crippen LogP contribution is 2.24.